The summed E-state index contributed by atoms with van der Waals surface area (Å²) in [5.41, 5.74) is 4.05. The molecule has 178 valence electrons. The highest BCUT2D eigenvalue weighted by Crippen LogP contribution is 2.39. The minimum atomic E-state index is -0.474. The maximum atomic E-state index is 13.8. The number of fused-ring (bicyclic) bond motifs is 3. The minimum absolute atomic E-state index is 0.331. The number of carbonyl (C=O) groups excluding carboxylic acids is 1. The zero-order chi connectivity index (χ0) is 24.5. The van der Waals surface area contributed by atoms with Crippen LogP contribution in [0.5, 0.6) is 11.5 Å². The van der Waals surface area contributed by atoms with E-state index in [1.807, 2.05) is 42.6 Å². The van der Waals surface area contributed by atoms with E-state index in [0.717, 1.165) is 22.5 Å². The summed E-state index contributed by atoms with van der Waals surface area (Å²) in [6, 6.07) is 20.5. The molecule has 2 amide bonds. The van der Waals surface area contributed by atoms with Crippen molar-refractivity contribution in [2.45, 2.75) is 12.6 Å². The van der Waals surface area contributed by atoms with E-state index >= 15 is 0 Å². The van der Waals surface area contributed by atoms with Gasteiger partial charge in [0.25, 0.3) is 0 Å². The molecule has 1 N–H and O–H groups in total. The van der Waals surface area contributed by atoms with Crippen LogP contribution in [-0.2, 0) is 6.54 Å². The van der Waals surface area contributed by atoms with Gasteiger partial charge in [0.05, 0.1) is 43.2 Å². The molecule has 1 aromatic heterocycles. The van der Waals surface area contributed by atoms with Crippen molar-refractivity contribution in [2.24, 2.45) is 0 Å². The van der Waals surface area contributed by atoms with E-state index in [9.17, 15) is 9.18 Å². The van der Waals surface area contributed by atoms with Crippen LogP contribution in [-0.4, -0.2) is 29.7 Å². The SMILES string of the molecule is COc1cc(OC)c(NC(=O)N2Cc3ccccc3-n3cccc3[C@H]2c2ccc(F)cc2)cc1Cl. The first kappa shape index (κ1) is 22.8. The Hall–Kier alpha value is -3.97. The Balaban J connectivity index is 1.61. The molecule has 0 saturated heterocycles. The van der Waals surface area contributed by atoms with E-state index in [4.69, 9.17) is 21.1 Å². The topological polar surface area (TPSA) is 55.7 Å². The summed E-state index contributed by atoms with van der Waals surface area (Å²) in [4.78, 5) is 15.6. The molecule has 6 nitrogen and oxygen atoms in total. The molecular weight excluding hydrogens is 469 g/mol. The number of nitrogens with zero attached hydrogens (tertiary/aromatic N) is 2. The van der Waals surface area contributed by atoms with Gasteiger partial charge in [0.2, 0.25) is 0 Å². The summed E-state index contributed by atoms with van der Waals surface area (Å²) in [6.07, 6.45) is 1.97. The van der Waals surface area contributed by atoms with Crippen molar-refractivity contribution in [3.63, 3.8) is 0 Å². The summed E-state index contributed by atoms with van der Waals surface area (Å²) in [5.74, 6) is 0.512. The molecule has 2 heterocycles. The molecule has 0 spiro atoms. The van der Waals surface area contributed by atoms with Gasteiger partial charge in [-0.15, -0.1) is 0 Å². The van der Waals surface area contributed by atoms with Gasteiger partial charge < -0.3 is 24.3 Å². The lowest BCUT2D eigenvalue weighted by atomic mass is 10.0. The van der Waals surface area contributed by atoms with Gasteiger partial charge in [-0.2, -0.15) is 0 Å². The normalized spacial score (nSPS) is 14.5. The largest absolute Gasteiger partial charge is 0.495 e. The Bertz CT molecular complexity index is 1390. The van der Waals surface area contributed by atoms with Crippen LogP contribution in [0.3, 0.4) is 0 Å². The van der Waals surface area contributed by atoms with Crippen LogP contribution in [0.25, 0.3) is 5.69 Å². The van der Waals surface area contributed by atoms with E-state index in [0.29, 0.717) is 28.8 Å². The molecule has 0 radical (unpaired) electrons. The number of hydrogen-bond donors (Lipinski definition) is 1. The zero-order valence-electron chi connectivity index (χ0n) is 19.2. The number of urea groups is 1. The third-order valence-electron chi connectivity index (χ3n) is 6.13. The van der Waals surface area contributed by atoms with Crippen molar-refractivity contribution in [1.29, 1.82) is 0 Å². The average molecular weight is 492 g/mol. The van der Waals surface area contributed by atoms with Crippen molar-refractivity contribution >= 4 is 23.3 Å². The second-order valence-corrected chi connectivity index (χ2v) is 8.54. The number of hydrogen-bond acceptors (Lipinski definition) is 3. The highest BCUT2D eigenvalue weighted by Gasteiger charge is 2.33. The van der Waals surface area contributed by atoms with Crippen LogP contribution in [0.15, 0.2) is 79.0 Å². The van der Waals surface area contributed by atoms with Crippen molar-refractivity contribution < 1.29 is 18.7 Å². The summed E-state index contributed by atoms with van der Waals surface area (Å²) < 4.78 is 26.6. The summed E-state index contributed by atoms with van der Waals surface area (Å²) in [5, 5.41) is 3.30. The zero-order valence-corrected chi connectivity index (χ0v) is 19.9. The predicted octanol–water partition coefficient (Wildman–Crippen LogP) is 6.42. The third-order valence-corrected chi connectivity index (χ3v) is 6.42. The fraction of sp³-hybridized carbons (Fsp3) is 0.148. The Morgan fingerprint density at radius 1 is 1.00 bits per heavy atom. The molecule has 5 rings (SSSR count). The maximum absolute atomic E-state index is 13.8. The van der Waals surface area contributed by atoms with Crippen LogP contribution in [0, 0.1) is 5.82 Å². The molecule has 8 heteroatoms. The Kier molecular flexibility index (Phi) is 6.09. The highest BCUT2D eigenvalue weighted by atomic mass is 35.5. The number of aromatic nitrogens is 1. The van der Waals surface area contributed by atoms with Gasteiger partial charge in [0.15, 0.2) is 0 Å². The van der Waals surface area contributed by atoms with Crippen molar-refractivity contribution in [3.05, 3.63) is 107 Å². The quantitative estimate of drug-likeness (QED) is 0.358. The molecule has 0 saturated carbocycles. The fourth-order valence-electron chi connectivity index (χ4n) is 4.48. The molecular formula is C27H23ClFN3O3. The van der Waals surface area contributed by atoms with Gasteiger partial charge in [-0.05, 0) is 47.5 Å². The van der Waals surface area contributed by atoms with E-state index in [1.165, 1.54) is 26.4 Å². The van der Waals surface area contributed by atoms with Gasteiger partial charge in [-0.25, -0.2) is 9.18 Å². The summed E-state index contributed by atoms with van der Waals surface area (Å²) in [6.45, 7) is 0.331. The number of ether oxygens (including phenoxy) is 2. The van der Waals surface area contributed by atoms with Gasteiger partial charge >= 0.3 is 6.03 Å². The van der Waals surface area contributed by atoms with Crippen molar-refractivity contribution in [1.82, 2.24) is 9.47 Å². The van der Waals surface area contributed by atoms with E-state index in [1.54, 1.807) is 29.2 Å². The number of carbonyl (C=O) groups is 1. The van der Waals surface area contributed by atoms with Gasteiger partial charge in [0.1, 0.15) is 17.3 Å². The maximum Gasteiger partial charge on any atom is 0.323 e. The average Bonchev–Trinajstić information content (AvgIpc) is 3.29. The minimum Gasteiger partial charge on any atom is -0.495 e. The number of rotatable bonds is 4. The number of halogens is 2. The summed E-state index contributed by atoms with van der Waals surface area (Å²) in [7, 11) is 3.02. The number of benzene rings is 3. The monoisotopic (exact) mass is 491 g/mol. The van der Waals surface area contributed by atoms with Crippen LogP contribution >= 0.6 is 11.6 Å². The smallest absolute Gasteiger partial charge is 0.323 e. The fourth-order valence-corrected chi connectivity index (χ4v) is 4.72. The van der Waals surface area contributed by atoms with E-state index < -0.39 is 6.04 Å². The number of amides is 2. The molecule has 35 heavy (non-hydrogen) atoms. The van der Waals surface area contributed by atoms with Crippen LogP contribution < -0.4 is 14.8 Å². The lowest BCUT2D eigenvalue weighted by Gasteiger charge is -2.31. The van der Waals surface area contributed by atoms with Crippen LogP contribution in [0.1, 0.15) is 22.9 Å². The first-order chi connectivity index (χ1) is 17.0. The Morgan fingerprint density at radius 2 is 1.74 bits per heavy atom. The van der Waals surface area contributed by atoms with Crippen LogP contribution in [0.2, 0.25) is 5.02 Å². The van der Waals surface area contributed by atoms with Gasteiger partial charge in [-0.3, -0.25) is 0 Å². The van der Waals surface area contributed by atoms with Gasteiger partial charge in [-0.1, -0.05) is 41.9 Å². The third kappa shape index (κ3) is 4.19. The highest BCUT2D eigenvalue weighted by molar-refractivity contribution is 6.32. The lowest BCUT2D eigenvalue weighted by Crippen LogP contribution is -2.38. The number of para-hydroxylation sites is 1. The molecule has 1 atom stereocenters. The van der Waals surface area contributed by atoms with E-state index in [2.05, 4.69) is 9.88 Å². The van der Waals surface area contributed by atoms with Crippen molar-refractivity contribution in [2.75, 3.05) is 19.5 Å². The molecule has 4 aromatic rings. The van der Waals surface area contributed by atoms with Crippen molar-refractivity contribution in [3.8, 4) is 17.2 Å². The number of methoxy groups -OCH3 is 2. The molecule has 3 aromatic carbocycles. The molecule has 0 unspecified atom stereocenters. The lowest BCUT2D eigenvalue weighted by molar-refractivity contribution is 0.194. The number of nitrogens with one attached hydrogen (secondary N) is 1. The molecule has 1 aliphatic rings. The second-order valence-electron chi connectivity index (χ2n) is 8.13. The standard InChI is InChI=1S/C27H23ClFN3O3/c1-34-24-15-25(35-2)21(14-20(24)28)30-27(33)32-16-18-6-3-4-7-22(18)31-13-5-8-23(31)26(32)17-9-11-19(29)12-10-17/h3-15,26H,16H2,1-2H3,(H,30,33)/t26-/m1/s1. The van der Waals surface area contributed by atoms with Gasteiger partial charge in [0, 0.05) is 18.0 Å². The summed E-state index contributed by atoms with van der Waals surface area (Å²) >= 11 is 6.33. The molecule has 1 aliphatic heterocycles. The Morgan fingerprint density at radius 3 is 2.49 bits per heavy atom. The molecule has 0 bridgehead atoms. The first-order valence-electron chi connectivity index (χ1n) is 11.0. The Labute approximate surface area is 207 Å². The van der Waals surface area contributed by atoms with E-state index in [-0.39, 0.29) is 11.8 Å². The number of anilines is 1. The second kappa shape index (κ2) is 9.35. The van der Waals surface area contributed by atoms with Crippen LogP contribution in [0.4, 0.5) is 14.9 Å². The molecule has 0 aliphatic carbocycles. The molecule has 0 fully saturated rings. The first-order valence-corrected chi connectivity index (χ1v) is 11.4. The predicted molar refractivity (Wildman–Crippen MR) is 133 cm³/mol.